The Morgan fingerprint density at radius 3 is 2.54 bits per heavy atom. The topological polar surface area (TPSA) is 29.5 Å². The third-order valence-corrected chi connectivity index (χ3v) is 2.35. The second-order valence-electron chi connectivity index (χ2n) is 4.02. The van der Waals surface area contributed by atoms with Gasteiger partial charge >= 0.3 is 0 Å². The summed E-state index contributed by atoms with van der Waals surface area (Å²) in [6.07, 6.45) is 0. The van der Waals surface area contributed by atoms with E-state index in [1.807, 2.05) is 24.3 Å². The maximum atomic E-state index is 8.92. The van der Waals surface area contributed by atoms with E-state index < -0.39 is 8.32 Å². The smallest absolute Gasteiger partial charge is 0.242 e. The lowest BCUT2D eigenvalue weighted by atomic mass is 10.2. The first kappa shape index (κ1) is 10.3. The van der Waals surface area contributed by atoms with Crippen molar-refractivity contribution in [2.45, 2.75) is 26.2 Å². The Balaban J connectivity index is 2.78. The fraction of sp³-hybridized carbons (Fsp3) is 0.400. The molecule has 2 nitrogen and oxygen atoms in total. The minimum absolute atomic E-state index is 0.0723. The van der Waals surface area contributed by atoms with Crippen molar-refractivity contribution < 1.29 is 9.53 Å². The monoisotopic (exact) mass is 196 g/mol. The highest BCUT2D eigenvalue weighted by molar-refractivity contribution is 6.70. The fourth-order valence-electron chi connectivity index (χ4n) is 1.06. The highest BCUT2D eigenvalue weighted by atomic mass is 28.4. The maximum absolute atomic E-state index is 8.92. The molecule has 0 heterocycles. The van der Waals surface area contributed by atoms with Crippen LogP contribution in [0.2, 0.25) is 19.6 Å². The Kier molecular flexibility index (Phi) is 3.11. The van der Waals surface area contributed by atoms with Crippen LogP contribution in [-0.4, -0.2) is 13.4 Å². The molecule has 0 aliphatic carbocycles. The molecule has 0 fully saturated rings. The molecule has 0 atom stereocenters. The van der Waals surface area contributed by atoms with E-state index in [0.29, 0.717) is 0 Å². The molecule has 0 unspecified atom stereocenters. The van der Waals surface area contributed by atoms with Gasteiger partial charge in [0.1, 0.15) is 5.75 Å². The molecule has 3 heteroatoms. The second kappa shape index (κ2) is 3.94. The van der Waals surface area contributed by atoms with Crippen molar-refractivity contribution in [1.82, 2.24) is 0 Å². The summed E-state index contributed by atoms with van der Waals surface area (Å²) in [5.41, 5.74) is 0.899. The number of benzene rings is 1. The molecule has 0 amide bonds. The Morgan fingerprint density at radius 2 is 2.00 bits per heavy atom. The summed E-state index contributed by atoms with van der Waals surface area (Å²) in [6.45, 7) is 6.48. The van der Waals surface area contributed by atoms with Gasteiger partial charge in [0.15, 0.2) is 0 Å². The van der Waals surface area contributed by atoms with Crippen LogP contribution >= 0.6 is 0 Å². The minimum Gasteiger partial charge on any atom is -0.544 e. The standard InChI is InChI=1S/C10H16O2Si/c1-13(2,3)12-10-6-4-5-9(7-10)8-11/h4-7,11H,8H2,1-3H3. The van der Waals surface area contributed by atoms with Gasteiger partial charge in [-0.2, -0.15) is 0 Å². The van der Waals surface area contributed by atoms with Gasteiger partial charge in [-0.25, -0.2) is 0 Å². The fourth-order valence-corrected chi connectivity index (χ4v) is 1.89. The molecule has 1 aromatic carbocycles. The Labute approximate surface area is 80.3 Å². The molecule has 0 radical (unpaired) electrons. The first-order chi connectivity index (χ1) is 6.01. The molecule has 0 aliphatic heterocycles. The average molecular weight is 196 g/mol. The van der Waals surface area contributed by atoms with Gasteiger partial charge in [-0.1, -0.05) is 12.1 Å². The van der Waals surface area contributed by atoms with Gasteiger partial charge in [0, 0.05) is 0 Å². The van der Waals surface area contributed by atoms with Crippen LogP contribution < -0.4 is 4.43 Å². The average Bonchev–Trinajstić information content (AvgIpc) is 2.01. The number of hydrogen-bond donors (Lipinski definition) is 1. The molecule has 1 aromatic rings. The zero-order valence-electron chi connectivity index (χ0n) is 8.37. The van der Waals surface area contributed by atoms with E-state index in [-0.39, 0.29) is 6.61 Å². The van der Waals surface area contributed by atoms with Crippen molar-refractivity contribution in [3.8, 4) is 5.75 Å². The SMILES string of the molecule is C[Si](C)(C)Oc1cccc(CO)c1. The van der Waals surface area contributed by atoms with Crippen molar-refractivity contribution >= 4 is 8.32 Å². The molecule has 0 saturated heterocycles. The summed E-state index contributed by atoms with van der Waals surface area (Å²) in [6, 6.07) is 7.60. The van der Waals surface area contributed by atoms with E-state index in [0.717, 1.165) is 11.3 Å². The quantitative estimate of drug-likeness (QED) is 0.752. The van der Waals surface area contributed by atoms with Crippen LogP contribution in [0.5, 0.6) is 5.75 Å². The highest BCUT2D eigenvalue weighted by Gasteiger charge is 2.15. The maximum Gasteiger partial charge on any atom is 0.242 e. The van der Waals surface area contributed by atoms with Crippen LogP contribution in [0.25, 0.3) is 0 Å². The first-order valence-electron chi connectivity index (χ1n) is 4.40. The van der Waals surface area contributed by atoms with Crippen molar-refractivity contribution in [2.24, 2.45) is 0 Å². The summed E-state index contributed by atoms with van der Waals surface area (Å²) in [5, 5.41) is 8.92. The molecule has 1 rings (SSSR count). The molecule has 0 aromatic heterocycles. The van der Waals surface area contributed by atoms with Gasteiger partial charge in [-0.3, -0.25) is 0 Å². The molecular formula is C10H16O2Si. The highest BCUT2D eigenvalue weighted by Crippen LogP contribution is 2.17. The number of aliphatic hydroxyl groups is 1. The van der Waals surface area contributed by atoms with Crippen LogP contribution in [-0.2, 0) is 6.61 Å². The molecular weight excluding hydrogens is 180 g/mol. The first-order valence-corrected chi connectivity index (χ1v) is 7.81. The third-order valence-electron chi connectivity index (χ3n) is 1.51. The lowest BCUT2D eigenvalue weighted by molar-refractivity contribution is 0.281. The Bertz CT molecular complexity index is 278. The van der Waals surface area contributed by atoms with Gasteiger partial charge < -0.3 is 9.53 Å². The van der Waals surface area contributed by atoms with Gasteiger partial charge in [0.05, 0.1) is 6.61 Å². The van der Waals surface area contributed by atoms with Crippen LogP contribution in [0.4, 0.5) is 0 Å². The summed E-state index contributed by atoms with van der Waals surface area (Å²) in [5.74, 6) is 0.866. The number of rotatable bonds is 3. The summed E-state index contributed by atoms with van der Waals surface area (Å²) < 4.78 is 5.77. The van der Waals surface area contributed by atoms with Gasteiger partial charge in [0.2, 0.25) is 8.32 Å². The van der Waals surface area contributed by atoms with E-state index in [2.05, 4.69) is 19.6 Å². The largest absolute Gasteiger partial charge is 0.544 e. The van der Waals surface area contributed by atoms with Crippen LogP contribution in [0.3, 0.4) is 0 Å². The lowest BCUT2D eigenvalue weighted by Gasteiger charge is -2.19. The minimum atomic E-state index is -1.52. The van der Waals surface area contributed by atoms with Crippen LogP contribution in [0.15, 0.2) is 24.3 Å². The summed E-state index contributed by atoms with van der Waals surface area (Å²) in [4.78, 5) is 0. The lowest BCUT2D eigenvalue weighted by Crippen LogP contribution is -2.29. The normalized spacial score (nSPS) is 11.4. The van der Waals surface area contributed by atoms with Crippen LogP contribution in [0.1, 0.15) is 5.56 Å². The van der Waals surface area contributed by atoms with Crippen LogP contribution in [0, 0.1) is 0 Å². The summed E-state index contributed by atoms with van der Waals surface area (Å²) >= 11 is 0. The predicted molar refractivity (Wildman–Crippen MR) is 56.3 cm³/mol. The van der Waals surface area contributed by atoms with Crippen molar-refractivity contribution in [1.29, 1.82) is 0 Å². The van der Waals surface area contributed by atoms with E-state index in [4.69, 9.17) is 9.53 Å². The number of hydrogen-bond acceptors (Lipinski definition) is 2. The van der Waals surface area contributed by atoms with Crippen molar-refractivity contribution in [3.05, 3.63) is 29.8 Å². The molecule has 0 spiro atoms. The zero-order valence-corrected chi connectivity index (χ0v) is 9.37. The van der Waals surface area contributed by atoms with Gasteiger partial charge in [-0.05, 0) is 37.3 Å². The zero-order chi connectivity index (χ0) is 9.90. The van der Waals surface area contributed by atoms with E-state index in [1.54, 1.807) is 0 Å². The molecule has 0 saturated carbocycles. The van der Waals surface area contributed by atoms with Gasteiger partial charge in [0.25, 0.3) is 0 Å². The number of aliphatic hydroxyl groups excluding tert-OH is 1. The predicted octanol–water partition coefficient (Wildman–Crippen LogP) is 2.39. The van der Waals surface area contributed by atoms with Gasteiger partial charge in [-0.15, -0.1) is 0 Å². The second-order valence-corrected chi connectivity index (χ2v) is 8.45. The molecule has 0 bridgehead atoms. The van der Waals surface area contributed by atoms with Crippen molar-refractivity contribution in [3.63, 3.8) is 0 Å². The third kappa shape index (κ3) is 3.61. The summed E-state index contributed by atoms with van der Waals surface area (Å²) in [7, 11) is -1.52. The molecule has 1 N–H and O–H groups in total. The van der Waals surface area contributed by atoms with E-state index >= 15 is 0 Å². The Hall–Kier alpha value is -0.803. The Morgan fingerprint density at radius 1 is 1.31 bits per heavy atom. The molecule has 72 valence electrons. The van der Waals surface area contributed by atoms with E-state index in [1.165, 1.54) is 0 Å². The van der Waals surface area contributed by atoms with Crippen molar-refractivity contribution in [2.75, 3.05) is 0 Å². The van der Waals surface area contributed by atoms with E-state index in [9.17, 15) is 0 Å². The molecule has 13 heavy (non-hydrogen) atoms. The molecule has 0 aliphatic rings.